The summed E-state index contributed by atoms with van der Waals surface area (Å²) in [7, 11) is 3.02. The maximum Gasteiger partial charge on any atom is 0.410 e. The molecule has 0 aromatic carbocycles. The molecule has 0 saturated carbocycles. The van der Waals surface area contributed by atoms with Crippen molar-refractivity contribution in [3.63, 3.8) is 0 Å². The van der Waals surface area contributed by atoms with Crippen LogP contribution in [0.1, 0.15) is 47.5 Å². The number of likely N-dealkylation sites (N-methyl/N-ethyl adjacent to an activating group) is 2. The Morgan fingerprint density at radius 2 is 1.50 bits per heavy atom. The van der Waals surface area contributed by atoms with E-state index in [4.69, 9.17) is 9.47 Å². The average molecular weight is 344 g/mol. The minimum atomic E-state index is -0.731. The Kier molecular flexibility index (Phi) is 10.1. The van der Waals surface area contributed by atoms with Crippen LogP contribution in [-0.2, 0) is 19.1 Å². The third-order valence-electron chi connectivity index (χ3n) is 3.93. The number of esters is 1. The first-order chi connectivity index (χ1) is 11.1. The van der Waals surface area contributed by atoms with Crippen LogP contribution in [0.3, 0.4) is 0 Å². The smallest absolute Gasteiger partial charge is 0.410 e. The fraction of sp³-hybridized carbons (Fsp3) is 0.824. The molecule has 2 atom stereocenters. The van der Waals surface area contributed by atoms with E-state index in [2.05, 4.69) is 13.8 Å². The first-order valence-corrected chi connectivity index (χ1v) is 8.46. The number of nitrogens with zero attached hydrogens (tertiary/aromatic N) is 2. The number of hydrogen-bond donors (Lipinski definition) is 0. The van der Waals surface area contributed by atoms with Crippen molar-refractivity contribution < 1.29 is 23.9 Å². The van der Waals surface area contributed by atoms with Crippen LogP contribution in [0.25, 0.3) is 0 Å². The van der Waals surface area contributed by atoms with Crippen LogP contribution in [-0.4, -0.2) is 67.2 Å². The van der Waals surface area contributed by atoms with Gasteiger partial charge in [-0.05, 0) is 39.5 Å². The maximum absolute atomic E-state index is 12.4. The lowest BCUT2D eigenvalue weighted by Crippen LogP contribution is -2.51. The SMILES string of the molecule is CCOC(=O)N(C)C(C)C(=O)N(C)C(C)C(=O)OCCCC(C)C. The molecule has 0 N–H and O–H groups in total. The molecular formula is C17H32N2O5. The summed E-state index contributed by atoms with van der Waals surface area (Å²) in [5, 5.41) is 0. The average Bonchev–Trinajstić information content (AvgIpc) is 2.54. The molecule has 7 heteroatoms. The van der Waals surface area contributed by atoms with Crippen molar-refractivity contribution in [3.05, 3.63) is 0 Å². The number of rotatable bonds is 9. The van der Waals surface area contributed by atoms with Gasteiger partial charge in [0.05, 0.1) is 13.2 Å². The van der Waals surface area contributed by atoms with Gasteiger partial charge in [0.2, 0.25) is 5.91 Å². The Morgan fingerprint density at radius 1 is 0.917 bits per heavy atom. The van der Waals surface area contributed by atoms with E-state index in [9.17, 15) is 14.4 Å². The molecule has 140 valence electrons. The molecule has 7 nitrogen and oxygen atoms in total. The summed E-state index contributed by atoms with van der Waals surface area (Å²) in [5.41, 5.74) is 0. The van der Waals surface area contributed by atoms with Crippen LogP contribution >= 0.6 is 0 Å². The zero-order valence-electron chi connectivity index (χ0n) is 16.0. The third-order valence-corrected chi connectivity index (χ3v) is 3.93. The molecule has 0 spiro atoms. The fourth-order valence-corrected chi connectivity index (χ4v) is 1.98. The Morgan fingerprint density at radius 3 is 2.00 bits per heavy atom. The van der Waals surface area contributed by atoms with Gasteiger partial charge in [0.1, 0.15) is 12.1 Å². The third kappa shape index (κ3) is 7.19. The van der Waals surface area contributed by atoms with Crippen molar-refractivity contribution in [3.8, 4) is 0 Å². The highest BCUT2D eigenvalue weighted by molar-refractivity contribution is 5.89. The van der Waals surface area contributed by atoms with Gasteiger partial charge in [0, 0.05) is 14.1 Å². The lowest BCUT2D eigenvalue weighted by Gasteiger charge is -2.30. The van der Waals surface area contributed by atoms with E-state index in [0.29, 0.717) is 12.5 Å². The van der Waals surface area contributed by atoms with Gasteiger partial charge in [0.15, 0.2) is 0 Å². The second kappa shape index (κ2) is 10.9. The molecule has 0 rings (SSSR count). The largest absolute Gasteiger partial charge is 0.464 e. The van der Waals surface area contributed by atoms with Crippen molar-refractivity contribution in [2.24, 2.45) is 5.92 Å². The van der Waals surface area contributed by atoms with E-state index >= 15 is 0 Å². The molecule has 0 aliphatic carbocycles. The molecule has 0 saturated heterocycles. The molecule has 0 bridgehead atoms. The Balaban J connectivity index is 4.53. The van der Waals surface area contributed by atoms with Crippen molar-refractivity contribution in [1.29, 1.82) is 0 Å². The summed E-state index contributed by atoms with van der Waals surface area (Å²) in [5.74, 6) is -0.234. The first-order valence-electron chi connectivity index (χ1n) is 8.46. The number of carbonyl (C=O) groups excluding carboxylic acids is 3. The van der Waals surface area contributed by atoms with E-state index in [1.165, 1.54) is 23.9 Å². The summed E-state index contributed by atoms with van der Waals surface area (Å²) < 4.78 is 10.1. The predicted molar refractivity (Wildman–Crippen MR) is 91.5 cm³/mol. The number of carbonyl (C=O) groups is 3. The van der Waals surface area contributed by atoms with E-state index in [0.717, 1.165) is 12.8 Å². The van der Waals surface area contributed by atoms with E-state index in [-0.39, 0.29) is 12.5 Å². The van der Waals surface area contributed by atoms with Gasteiger partial charge in [0.25, 0.3) is 0 Å². The highest BCUT2D eigenvalue weighted by Crippen LogP contribution is 2.08. The number of amides is 2. The molecule has 0 aromatic heterocycles. The lowest BCUT2D eigenvalue weighted by molar-refractivity contribution is -0.154. The zero-order chi connectivity index (χ0) is 18.9. The van der Waals surface area contributed by atoms with Gasteiger partial charge in [-0.1, -0.05) is 13.8 Å². The quantitative estimate of drug-likeness (QED) is 0.474. The first kappa shape index (κ1) is 22.2. The van der Waals surface area contributed by atoms with Crippen LogP contribution in [0.4, 0.5) is 4.79 Å². The van der Waals surface area contributed by atoms with Gasteiger partial charge >= 0.3 is 12.1 Å². The second-order valence-electron chi connectivity index (χ2n) is 6.31. The summed E-state index contributed by atoms with van der Waals surface area (Å²) in [6.45, 7) is 9.70. The zero-order valence-corrected chi connectivity index (χ0v) is 16.0. The summed E-state index contributed by atoms with van der Waals surface area (Å²) in [6, 6.07) is -1.44. The van der Waals surface area contributed by atoms with Gasteiger partial charge in [-0.3, -0.25) is 9.69 Å². The highest BCUT2D eigenvalue weighted by atomic mass is 16.6. The van der Waals surface area contributed by atoms with Crippen molar-refractivity contribution in [1.82, 2.24) is 9.80 Å². The van der Waals surface area contributed by atoms with Crippen molar-refractivity contribution in [2.75, 3.05) is 27.3 Å². The summed E-state index contributed by atoms with van der Waals surface area (Å²) in [4.78, 5) is 38.7. The normalized spacial score (nSPS) is 13.2. The molecular weight excluding hydrogens is 312 g/mol. The highest BCUT2D eigenvalue weighted by Gasteiger charge is 2.31. The molecule has 0 aliphatic rings. The Labute approximate surface area is 145 Å². The molecule has 24 heavy (non-hydrogen) atoms. The number of ether oxygens (including phenoxy) is 2. The molecule has 0 aliphatic heterocycles. The van der Waals surface area contributed by atoms with E-state index in [1.807, 2.05) is 0 Å². The van der Waals surface area contributed by atoms with Crippen LogP contribution in [0, 0.1) is 5.92 Å². The maximum atomic E-state index is 12.4. The Hall–Kier alpha value is -1.79. The van der Waals surface area contributed by atoms with E-state index < -0.39 is 24.1 Å². The second-order valence-corrected chi connectivity index (χ2v) is 6.31. The topological polar surface area (TPSA) is 76.2 Å². The van der Waals surface area contributed by atoms with Gasteiger partial charge in [-0.15, -0.1) is 0 Å². The Bertz CT molecular complexity index is 425. The van der Waals surface area contributed by atoms with Crippen LogP contribution in [0.15, 0.2) is 0 Å². The van der Waals surface area contributed by atoms with Gasteiger partial charge in [-0.2, -0.15) is 0 Å². The van der Waals surface area contributed by atoms with Crippen LogP contribution in [0.2, 0.25) is 0 Å². The van der Waals surface area contributed by atoms with Crippen LogP contribution < -0.4 is 0 Å². The minimum absolute atomic E-state index is 0.235. The standard InChI is InChI=1S/C17H32N2O5/c1-8-23-17(22)19(7)13(4)15(20)18(6)14(5)16(21)24-11-9-10-12(2)3/h12-14H,8-11H2,1-7H3. The number of hydrogen-bond acceptors (Lipinski definition) is 5. The molecule has 0 radical (unpaired) electrons. The molecule has 2 amide bonds. The van der Waals surface area contributed by atoms with E-state index in [1.54, 1.807) is 20.8 Å². The lowest BCUT2D eigenvalue weighted by atomic mass is 10.1. The predicted octanol–water partition coefficient (Wildman–Crippen LogP) is 2.29. The van der Waals surface area contributed by atoms with Gasteiger partial charge in [-0.25, -0.2) is 9.59 Å². The van der Waals surface area contributed by atoms with Crippen molar-refractivity contribution in [2.45, 2.75) is 59.5 Å². The summed E-state index contributed by atoms with van der Waals surface area (Å²) in [6.07, 6.45) is 1.21. The molecule has 0 heterocycles. The van der Waals surface area contributed by atoms with Crippen molar-refractivity contribution >= 4 is 18.0 Å². The fourth-order valence-electron chi connectivity index (χ4n) is 1.98. The molecule has 2 unspecified atom stereocenters. The minimum Gasteiger partial charge on any atom is -0.464 e. The monoisotopic (exact) mass is 344 g/mol. The molecule has 0 aromatic rings. The van der Waals surface area contributed by atoms with Gasteiger partial charge < -0.3 is 14.4 Å². The molecule has 0 fully saturated rings. The summed E-state index contributed by atoms with van der Waals surface area (Å²) >= 11 is 0. The van der Waals surface area contributed by atoms with Crippen LogP contribution in [0.5, 0.6) is 0 Å².